The molecule has 6 N–H and O–H groups in total. The molecule has 0 radical (unpaired) electrons. The quantitative estimate of drug-likeness (QED) is 0.611. The Bertz CT molecular complexity index is 805. The maximum atomic E-state index is 11.6. The number of aliphatic hydroxyl groups excluding tert-OH is 1. The summed E-state index contributed by atoms with van der Waals surface area (Å²) in [4.78, 5) is 11.6. The van der Waals surface area contributed by atoms with Crippen LogP contribution in [0.15, 0.2) is 42.5 Å². The zero-order valence-electron chi connectivity index (χ0n) is 15.0. The number of ether oxygens (including phenoxy) is 1. The van der Waals surface area contributed by atoms with Gasteiger partial charge in [0.1, 0.15) is 17.5 Å². The number of rotatable bonds is 5. The van der Waals surface area contributed by atoms with E-state index in [9.17, 15) is 9.90 Å². The predicted molar refractivity (Wildman–Crippen MR) is 101 cm³/mol. The van der Waals surface area contributed by atoms with Gasteiger partial charge in [0.05, 0.1) is 11.6 Å². The third kappa shape index (κ3) is 3.52. The van der Waals surface area contributed by atoms with E-state index >= 15 is 0 Å². The van der Waals surface area contributed by atoms with E-state index in [1.165, 1.54) is 5.56 Å². The normalized spacial score (nSPS) is 20.9. The largest absolute Gasteiger partial charge is 0.485 e. The third-order valence-electron chi connectivity index (χ3n) is 4.80. The smallest absolute Gasteiger partial charge is 0.250 e. The Morgan fingerprint density at radius 3 is 2.62 bits per heavy atom. The molecule has 6 nitrogen and oxygen atoms in total. The second kappa shape index (κ2) is 6.97. The van der Waals surface area contributed by atoms with Crippen molar-refractivity contribution in [1.29, 1.82) is 0 Å². The number of anilines is 1. The lowest BCUT2D eigenvalue weighted by atomic mass is 9.85. The van der Waals surface area contributed by atoms with Gasteiger partial charge in [0.2, 0.25) is 0 Å². The number of benzene rings is 2. The second-order valence-electron chi connectivity index (χ2n) is 7.16. The van der Waals surface area contributed by atoms with Crippen molar-refractivity contribution in [2.45, 2.75) is 38.0 Å². The van der Waals surface area contributed by atoms with Crippen molar-refractivity contribution in [2.75, 3.05) is 12.3 Å². The number of carbonyl (C=O) groups excluding carboxylic acids is 1. The Balaban J connectivity index is 1.87. The molecule has 1 amide bonds. The molecule has 2 aromatic carbocycles. The number of amides is 1. The standard InChI is InChI=1S/C20H25N3O3/c1-20(2)18(24)17(23-9-8-12-6-4-3-5-7-12)14-10-15(21)13(19(22)25)11-16(14)26-20/h3-7,10-11,17-18,23-24H,8-9,21H2,1-2H3,(H2,22,25). The predicted octanol–water partition coefficient (Wildman–Crippen LogP) is 1.77. The summed E-state index contributed by atoms with van der Waals surface area (Å²) in [5.74, 6) is -0.0908. The number of hydrogen-bond acceptors (Lipinski definition) is 5. The average molecular weight is 355 g/mol. The van der Waals surface area contributed by atoms with Crippen LogP contribution in [0.3, 0.4) is 0 Å². The fourth-order valence-corrected chi connectivity index (χ4v) is 3.31. The first-order valence-corrected chi connectivity index (χ1v) is 8.67. The summed E-state index contributed by atoms with van der Waals surface area (Å²) in [5.41, 5.74) is 13.0. The molecule has 0 saturated carbocycles. The number of nitrogens with one attached hydrogen (secondary N) is 1. The molecule has 2 atom stereocenters. The second-order valence-corrected chi connectivity index (χ2v) is 7.16. The lowest BCUT2D eigenvalue weighted by Gasteiger charge is -2.42. The van der Waals surface area contributed by atoms with Crippen molar-refractivity contribution >= 4 is 11.6 Å². The number of primary amides is 1. The van der Waals surface area contributed by atoms with Crippen molar-refractivity contribution in [2.24, 2.45) is 5.73 Å². The fraction of sp³-hybridized carbons (Fsp3) is 0.350. The van der Waals surface area contributed by atoms with Crippen LogP contribution in [0.2, 0.25) is 0 Å². The molecule has 0 spiro atoms. The molecule has 1 heterocycles. The molecular weight excluding hydrogens is 330 g/mol. The van der Waals surface area contributed by atoms with E-state index in [2.05, 4.69) is 17.4 Å². The minimum Gasteiger partial charge on any atom is -0.485 e. The van der Waals surface area contributed by atoms with Crippen LogP contribution in [-0.2, 0) is 6.42 Å². The molecule has 2 aromatic rings. The monoisotopic (exact) mass is 355 g/mol. The summed E-state index contributed by atoms with van der Waals surface area (Å²) < 4.78 is 5.92. The van der Waals surface area contributed by atoms with Crippen LogP contribution in [0.25, 0.3) is 0 Å². The molecular formula is C20H25N3O3. The molecule has 2 unspecified atom stereocenters. The van der Waals surface area contributed by atoms with Crippen molar-refractivity contribution in [3.63, 3.8) is 0 Å². The maximum Gasteiger partial charge on any atom is 0.250 e. The SMILES string of the molecule is CC1(C)Oc2cc(C(N)=O)c(N)cc2C(NCCc2ccccc2)C1O. The van der Waals surface area contributed by atoms with Crippen LogP contribution in [-0.4, -0.2) is 29.3 Å². The van der Waals surface area contributed by atoms with Crippen molar-refractivity contribution in [3.05, 3.63) is 59.2 Å². The van der Waals surface area contributed by atoms with Gasteiger partial charge in [-0.3, -0.25) is 4.79 Å². The molecule has 0 saturated heterocycles. The van der Waals surface area contributed by atoms with Gasteiger partial charge in [0, 0.05) is 11.3 Å². The van der Waals surface area contributed by atoms with Gasteiger partial charge in [0.25, 0.3) is 5.91 Å². The van der Waals surface area contributed by atoms with Gasteiger partial charge in [-0.25, -0.2) is 0 Å². The van der Waals surface area contributed by atoms with E-state index in [0.717, 1.165) is 12.0 Å². The van der Waals surface area contributed by atoms with Gasteiger partial charge in [0.15, 0.2) is 0 Å². The summed E-state index contributed by atoms with van der Waals surface area (Å²) in [6, 6.07) is 13.0. The van der Waals surface area contributed by atoms with Crippen molar-refractivity contribution in [1.82, 2.24) is 5.32 Å². The number of fused-ring (bicyclic) bond motifs is 1. The van der Waals surface area contributed by atoms with Crippen LogP contribution in [0.4, 0.5) is 5.69 Å². The highest BCUT2D eigenvalue weighted by atomic mass is 16.5. The van der Waals surface area contributed by atoms with E-state index in [1.807, 2.05) is 32.0 Å². The first-order valence-electron chi connectivity index (χ1n) is 8.67. The van der Waals surface area contributed by atoms with E-state index in [1.54, 1.807) is 12.1 Å². The minimum absolute atomic E-state index is 0.221. The molecule has 0 bridgehead atoms. The Labute approximate surface area is 153 Å². The summed E-state index contributed by atoms with van der Waals surface area (Å²) in [5, 5.41) is 14.2. The molecule has 0 fully saturated rings. The van der Waals surface area contributed by atoms with Crippen LogP contribution in [0.1, 0.15) is 41.4 Å². The van der Waals surface area contributed by atoms with Gasteiger partial charge >= 0.3 is 0 Å². The molecule has 1 aliphatic heterocycles. The van der Waals surface area contributed by atoms with E-state index in [-0.39, 0.29) is 17.3 Å². The lowest BCUT2D eigenvalue weighted by Crippen LogP contribution is -2.52. The highest BCUT2D eigenvalue weighted by Crippen LogP contribution is 2.41. The summed E-state index contributed by atoms with van der Waals surface area (Å²) in [6.07, 6.45) is 0.0554. The topological polar surface area (TPSA) is 111 Å². The summed E-state index contributed by atoms with van der Waals surface area (Å²) >= 11 is 0. The van der Waals surface area contributed by atoms with Crippen LogP contribution < -0.4 is 21.5 Å². The molecule has 6 heteroatoms. The molecule has 3 rings (SSSR count). The Kier molecular flexibility index (Phi) is 4.89. The highest BCUT2D eigenvalue weighted by Gasteiger charge is 2.43. The van der Waals surface area contributed by atoms with Crippen molar-refractivity contribution < 1.29 is 14.6 Å². The maximum absolute atomic E-state index is 11.6. The molecule has 0 aromatic heterocycles. The molecule has 138 valence electrons. The average Bonchev–Trinajstić information content (AvgIpc) is 2.59. The number of nitrogens with two attached hydrogens (primary N) is 2. The van der Waals surface area contributed by atoms with Crippen molar-refractivity contribution in [3.8, 4) is 5.75 Å². The van der Waals surface area contributed by atoms with E-state index < -0.39 is 17.6 Å². The van der Waals surface area contributed by atoms with Gasteiger partial charge in [-0.2, -0.15) is 0 Å². The number of carbonyl (C=O) groups is 1. The van der Waals surface area contributed by atoms with Gasteiger partial charge in [-0.1, -0.05) is 30.3 Å². The Morgan fingerprint density at radius 2 is 1.96 bits per heavy atom. The number of aliphatic hydroxyl groups is 1. The Morgan fingerprint density at radius 1 is 1.27 bits per heavy atom. The first kappa shape index (κ1) is 18.2. The van der Waals surface area contributed by atoms with Crippen LogP contribution >= 0.6 is 0 Å². The first-order chi connectivity index (χ1) is 12.3. The Hall–Kier alpha value is -2.57. The highest BCUT2D eigenvalue weighted by molar-refractivity contribution is 5.98. The fourth-order valence-electron chi connectivity index (χ4n) is 3.31. The van der Waals surface area contributed by atoms with Crippen LogP contribution in [0, 0.1) is 0 Å². The molecule has 0 aliphatic carbocycles. The van der Waals surface area contributed by atoms with Gasteiger partial charge in [-0.15, -0.1) is 0 Å². The number of nitrogen functional groups attached to an aromatic ring is 1. The van der Waals surface area contributed by atoms with Crippen LogP contribution in [0.5, 0.6) is 5.75 Å². The lowest BCUT2D eigenvalue weighted by molar-refractivity contribution is -0.0643. The molecule has 26 heavy (non-hydrogen) atoms. The zero-order valence-corrected chi connectivity index (χ0v) is 15.0. The minimum atomic E-state index is -0.817. The number of hydrogen-bond donors (Lipinski definition) is 4. The van der Waals surface area contributed by atoms with E-state index in [0.29, 0.717) is 12.3 Å². The zero-order chi connectivity index (χ0) is 18.9. The van der Waals surface area contributed by atoms with Gasteiger partial charge in [-0.05, 0) is 44.5 Å². The summed E-state index contributed by atoms with van der Waals surface area (Å²) in [7, 11) is 0. The third-order valence-corrected chi connectivity index (χ3v) is 4.80. The molecule has 1 aliphatic rings. The summed E-state index contributed by atoms with van der Waals surface area (Å²) in [6.45, 7) is 4.30. The van der Waals surface area contributed by atoms with Gasteiger partial charge < -0.3 is 26.6 Å². The van der Waals surface area contributed by atoms with E-state index in [4.69, 9.17) is 16.2 Å².